The van der Waals surface area contributed by atoms with Crippen LogP contribution in [0, 0.1) is 0 Å². The lowest BCUT2D eigenvalue weighted by atomic mass is 10.2. The van der Waals surface area contributed by atoms with Crippen LogP contribution < -0.4 is 5.69 Å². The highest BCUT2D eigenvalue weighted by molar-refractivity contribution is 5.90. The van der Waals surface area contributed by atoms with Gasteiger partial charge in [0.2, 0.25) is 5.82 Å². The SMILES string of the molecule is CCN(Cc1ccccc1)C(=O)c1nn(-c2ccccc2)c(=O)[nH]1. The van der Waals surface area contributed by atoms with Gasteiger partial charge in [0.25, 0.3) is 5.91 Å². The summed E-state index contributed by atoms with van der Waals surface area (Å²) in [6, 6.07) is 18.7. The third-order valence-corrected chi connectivity index (χ3v) is 3.71. The van der Waals surface area contributed by atoms with Crippen molar-refractivity contribution < 1.29 is 4.79 Å². The number of para-hydroxylation sites is 1. The summed E-state index contributed by atoms with van der Waals surface area (Å²) >= 11 is 0. The first kappa shape index (κ1) is 15.7. The fourth-order valence-corrected chi connectivity index (χ4v) is 2.45. The van der Waals surface area contributed by atoms with E-state index in [2.05, 4.69) is 10.1 Å². The largest absolute Gasteiger partial charge is 0.348 e. The molecule has 6 nitrogen and oxygen atoms in total. The monoisotopic (exact) mass is 322 g/mol. The Bertz CT molecular complexity index is 869. The summed E-state index contributed by atoms with van der Waals surface area (Å²) in [5, 5.41) is 4.15. The molecule has 0 saturated carbocycles. The molecule has 1 heterocycles. The van der Waals surface area contributed by atoms with Gasteiger partial charge in [-0.3, -0.25) is 9.78 Å². The lowest BCUT2D eigenvalue weighted by molar-refractivity contribution is 0.0740. The third kappa shape index (κ3) is 3.27. The van der Waals surface area contributed by atoms with Crippen molar-refractivity contribution in [2.75, 3.05) is 6.54 Å². The minimum Gasteiger partial charge on any atom is -0.332 e. The van der Waals surface area contributed by atoms with Gasteiger partial charge in [-0.25, -0.2) is 4.79 Å². The number of amides is 1. The molecule has 2 aromatic carbocycles. The van der Waals surface area contributed by atoms with Crippen LogP contribution in [0.1, 0.15) is 23.1 Å². The smallest absolute Gasteiger partial charge is 0.332 e. The molecule has 3 aromatic rings. The second-order valence-electron chi connectivity index (χ2n) is 5.33. The molecule has 0 saturated heterocycles. The molecular weight excluding hydrogens is 304 g/mol. The van der Waals surface area contributed by atoms with Gasteiger partial charge >= 0.3 is 5.69 Å². The zero-order valence-corrected chi connectivity index (χ0v) is 13.3. The van der Waals surface area contributed by atoms with E-state index in [1.165, 1.54) is 4.68 Å². The highest BCUT2D eigenvalue weighted by Crippen LogP contribution is 2.08. The van der Waals surface area contributed by atoms with E-state index in [0.717, 1.165) is 5.56 Å². The number of carbonyl (C=O) groups is 1. The van der Waals surface area contributed by atoms with Gasteiger partial charge in [0.05, 0.1) is 5.69 Å². The van der Waals surface area contributed by atoms with Crippen molar-refractivity contribution >= 4 is 5.91 Å². The molecule has 0 atom stereocenters. The maximum Gasteiger partial charge on any atom is 0.348 e. The quantitative estimate of drug-likeness (QED) is 0.783. The van der Waals surface area contributed by atoms with Crippen LogP contribution in [0.25, 0.3) is 5.69 Å². The molecule has 3 rings (SSSR count). The molecular formula is C18H18N4O2. The molecule has 6 heteroatoms. The first-order valence-electron chi connectivity index (χ1n) is 7.77. The summed E-state index contributed by atoms with van der Waals surface area (Å²) in [5.74, 6) is -0.255. The normalized spacial score (nSPS) is 10.5. The van der Waals surface area contributed by atoms with E-state index in [4.69, 9.17) is 0 Å². The molecule has 1 aromatic heterocycles. The second kappa shape index (κ2) is 6.95. The van der Waals surface area contributed by atoms with Crippen molar-refractivity contribution in [3.05, 3.63) is 82.5 Å². The first-order chi connectivity index (χ1) is 11.7. The molecule has 1 N–H and O–H groups in total. The minimum atomic E-state index is -0.430. The average Bonchev–Trinajstić information content (AvgIpc) is 3.02. The predicted octanol–water partition coefficient (Wildman–Crippen LogP) is 2.22. The summed E-state index contributed by atoms with van der Waals surface area (Å²) in [7, 11) is 0. The maximum atomic E-state index is 12.7. The van der Waals surface area contributed by atoms with E-state index in [9.17, 15) is 9.59 Å². The van der Waals surface area contributed by atoms with Gasteiger partial charge in [-0.2, -0.15) is 4.68 Å². The molecule has 0 bridgehead atoms. The molecule has 0 aliphatic heterocycles. The average molecular weight is 322 g/mol. The van der Waals surface area contributed by atoms with Crippen LogP contribution in [-0.2, 0) is 6.54 Å². The Hall–Kier alpha value is -3.15. The summed E-state index contributed by atoms with van der Waals surface area (Å²) in [5.41, 5.74) is 1.21. The van der Waals surface area contributed by atoms with Crippen molar-refractivity contribution in [3.8, 4) is 5.69 Å². The highest BCUT2D eigenvalue weighted by Gasteiger charge is 2.20. The number of rotatable bonds is 5. The number of H-pyrrole nitrogens is 1. The van der Waals surface area contributed by atoms with E-state index in [-0.39, 0.29) is 11.7 Å². The zero-order chi connectivity index (χ0) is 16.9. The van der Waals surface area contributed by atoms with Crippen molar-refractivity contribution in [2.45, 2.75) is 13.5 Å². The minimum absolute atomic E-state index is 0.0432. The number of aromatic nitrogens is 3. The number of carbonyl (C=O) groups excluding carboxylic acids is 1. The van der Waals surface area contributed by atoms with Crippen molar-refractivity contribution in [2.24, 2.45) is 0 Å². The van der Waals surface area contributed by atoms with Crippen molar-refractivity contribution in [3.63, 3.8) is 0 Å². The predicted molar refractivity (Wildman–Crippen MR) is 91.0 cm³/mol. The number of nitrogens with one attached hydrogen (secondary N) is 1. The van der Waals surface area contributed by atoms with Crippen LogP contribution in [0.3, 0.4) is 0 Å². The molecule has 122 valence electrons. The van der Waals surface area contributed by atoms with Crippen molar-refractivity contribution in [1.82, 2.24) is 19.7 Å². The summed E-state index contributed by atoms with van der Waals surface area (Å²) in [6.07, 6.45) is 0. The molecule has 24 heavy (non-hydrogen) atoms. The van der Waals surface area contributed by atoms with E-state index >= 15 is 0 Å². The molecule has 0 fully saturated rings. The van der Waals surface area contributed by atoms with Gasteiger partial charge in [0.15, 0.2) is 0 Å². The Kier molecular flexibility index (Phi) is 4.56. The summed E-state index contributed by atoms with van der Waals surface area (Å²) in [4.78, 5) is 28.9. The summed E-state index contributed by atoms with van der Waals surface area (Å²) in [6.45, 7) is 2.89. The van der Waals surface area contributed by atoms with Gasteiger partial charge < -0.3 is 4.90 Å². The van der Waals surface area contributed by atoms with E-state index in [1.807, 2.05) is 55.5 Å². The fraction of sp³-hybridized carbons (Fsp3) is 0.167. The second-order valence-corrected chi connectivity index (χ2v) is 5.33. The van der Waals surface area contributed by atoms with Crippen LogP contribution in [0.15, 0.2) is 65.5 Å². The molecule has 0 radical (unpaired) electrons. The van der Waals surface area contributed by atoms with Gasteiger partial charge in [-0.15, -0.1) is 5.10 Å². The standard InChI is InChI=1S/C18H18N4O2/c1-2-21(13-14-9-5-3-6-10-14)17(23)16-19-18(24)22(20-16)15-11-7-4-8-12-15/h3-12H,2,13H2,1H3,(H,19,20,24). The molecule has 0 spiro atoms. The number of hydrogen-bond acceptors (Lipinski definition) is 3. The van der Waals surface area contributed by atoms with Crippen molar-refractivity contribution in [1.29, 1.82) is 0 Å². The van der Waals surface area contributed by atoms with Gasteiger partial charge in [0, 0.05) is 13.1 Å². The number of nitrogens with zero attached hydrogens (tertiary/aromatic N) is 3. The fourth-order valence-electron chi connectivity index (χ4n) is 2.45. The van der Waals surface area contributed by atoms with E-state index < -0.39 is 5.69 Å². The lowest BCUT2D eigenvalue weighted by Gasteiger charge is -2.19. The van der Waals surface area contributed by atoms with Gasteiger partial charge in [-0.1, -0.05) is 48.5 Å². The summed E-state index contributed by atoms with van der Waals surface area (Å²) < 4.78 is 1.20. The number of aromatic amines is 1. The van der Waals surface area contributed by atoms with Crippen LogP contribution in [0.4, 0.5) is 0 Å². The Morgan fingerprint density at radius 3 is 2.33 bits per heavy atom. The third-order valence-electron chi connectivity index (χ3n) is 3.71. The van der Waals surface area contributed by atoms with Gasteiger partial charge in [-0.05, 0) is 24.6 Å². The zero-order valence-electron chi connectivity index (χ0n) is 13.3. The van der Waals surface area contributed by atoms with Crippen LogP contribution in [-0.4, -0.2) is 32.1 Å². The molecule has 0 aliphatic rings. The highest BCUT2D eigenvalue weighted by atomic mass is 16.2. The lowest BCUT2D eigenvalue weighted by Crippen LogP contribution is -2.31. The topological polar surface area (TPSA) is 71.0 Å². The van der Waals surface area contributed by atoms with Crippen LogP contribution in [0.5, 0.6) is 0 Å². The molecule has 1 amide bonds. The Morgan fingerprint density at radius 2 is 1.71 bits per heavy atom. The number of hydrogen-bond donors (Lipinski definition) is 1. The molecule has 0 aliphatic carbocycles. The Labute approximate surface area is 139 Å². The molecule has 0 unspecified atom stereocenters. The Morgan fingerprint density at radius 1 is 1.08 bits per heavy atom. The van der Waals surface area contributed by atoms with Gasteiger partial charge in [0.1, 0.15) is 0 Å². The number of benzene rings is 2. The van der Waals surface area contributed by atoms with Crippen LogP contribution in [0.2, 0.25) is 0 Å². The first-order valence-corrected chi connectivity index (χ1v) is 7.77. The van der Waals surface area contributed by atoms with E-state index in [0.29, 0.717) is 18.8 Å². The Balaban J connectivity index is 1.85. The maximum absolute atomic E-state index is 12.7. The van der Waals surface area contributed by atoms with Crippen LogP contribution >= 0.6 is 0 Å². The van der Waals surface area contributed by atoms with E-state index in [1.54, 1.807) is 17.0 Å².